The van der Waals surface area contributed by atoms with E-state index >= 15 is 0 Å². The van der Waals surface area contributed by atoms with Crippen molar-refractivity contribution in [2.24, 2.45) is 5.92 Å². The topological polar surface area (TPSA) is 49.9 Å². The second-order valence-electron chi connectivity index (χ2n) is 5.27. The number of H-pyrrole nitrogens is 1. The molecule has 2 heterocycles. The van der Waals surface area contributed by atoms with Crippen LogP contribution < -0.4 is 5.32 Å². The minimum absolute atomic E-state index is 0.610. The molecule has 0 bridgehead atoms. The van der Waals surface area contributed by atoms with Gasteiger partial charge in [-0.3, -0.25) is 0 Å². The zero-order valence-electron chi connectivity index (χ0n) is 11.7. The van der Waals surface area contributed by atoms with Gasteiger partial charge in [-0.25, -0.2) is 4.98 Å². The first-order chi connectivity index (χ1) is 9.29. The molecule has 1 saturated heterocycles. The van der Waals surface area contributed by atoms with Crippen molar-refractivity contribution in [1.82, 2.24) is 15.3 Å². The molecule has 0 aliphatic carbocycles. The first-order valence-electron chi connectivity index (χ1n) is 7.31. The number of ether oxygens (including phenoxy) is 1. The van der Waals surface area contributed by atoms with Gasteiger partial charge in [0.25, 0.3) is 0 Å². The van der Waals surface area contributed by atoms with Crippen molar-refractivity contribution in [1.29, 1.82) is 0 Å². The Morgan fingerprint density at radius 3 is 3.16 bits per heavy atom. The maximum absolute atomic E-state index is 6.14. The fraction of sp³-hybridized carbons (Fsp3) is 0.786. The number of halogens is 1. The van der Waals surface area contributed by atoms with Gasteiger partial charge in [-0.15, -0.1) is 0 Å². The smallest absolute Gasteiger partial charge is 0.151 e. The van der Waals surface area contributed by atoms with Gasteiger partial charge in [-0.1, -0.05) is 24.9 Å². The molecule has 0 amide bonds. The standard InChI is InChI=1S/C14H24ClN3O/c1-2-3-6-13-17-12(14(15)18-13)9-16-8-11-5-4-7-19-10-11/h11,16H,2-10H2,1H3,(H,17,18). The lowest BCUT2D eigenvalue weighted by Crippen LogP contribution is -2.29. The Kier molecular flexibility index (Phi) is 6.14. The Balaban J connectivity index is 1.73. The van der Waals surface area contributed by atoms with E-state index in [4.69, 9.17) is 16.3 Å². The Morgan fingerprint density at radius 2 is 2.42 bits per heavy atom. The first kappa shape index (κ1) is 14.8. The zero-order valence-corrected chi connectivity index (χ0v) is 12.4. The van der Waals surface area contributed by atoms with Crippen molar-refractivity contribution < 1.29 is 4.74 Å². The highest BCUT2D eigenvalue weighted by Gasteiger charge is 2.14. The molecule has 1 unspecified atom stereocenters. The largest absolute Gasteiger partial charge is 0.381 e. The summed E-state index contributed by atoms with van der Waals surface area (Å²) < 4.78 is 5.47. The summed E-state index contributed by atoms with van der Waals surface area (Å²) in [5, 5.41) is 4.06. The molecular weight excluding hydrogens is 262 g/mol. The maximum Gasteiger partial charge on any atom is 0.151 e. The van der Waals surface area contributed by atoms with Crippen LogP contribution in [0.25, 0.3) is 0 Å². The van der Waals surface area contributed by atoms with E-state index in [-0.39, 0.29) is 0 Å². The minimum Gasteiger partial charge on any atom is -0.381 e. The van der Waals surface area contributed by atoms with Gasteiger partial charge in [0, 0.05) is 26.1 Å². The third-order valence-electron chi connectivity index (χ3n) is 3.53. The number of unbranched alkanes of at least 4 members (excludes halogenated alkanes) is 1. The van der Waals surface area contributed by atoms with E-state index in [1.807, 2.05) is 0 Å². The number of imidazole rings is 1. The van der Waals surface area contributed by atoms with Crippen molar-refractivity contribution in [3.8, 4) is 0 Å². The molecule has 1 aromatic rings. The number of aryl methyl sites for hydroxylation is 1. The Bertz CT molecular complexity index is 375. The number of rotatable bonds is 7. The number of nitrogens with one attached hydrogen (secondary N) is 2. The van der Waals surface area contributed by atoms with Gasteiger partial charge < -0.3 is 15.0 Å². The van der Waals surface area contributed by atoms with E-state index in [1.54, 1.807) is 0 Å². The SMILES string of the molecule is CCCCc1nc(Cl)c(CNCC2CCCOC2)[nH]1. The summed E-state index contributed by atoms with van der Waals surface area (Å²) in [6.45, 7) is 5.72. The van der Waals surface area contributed by atoms with Gasteiger partial charge in [0.2, 0.25) is 0 Å². The molecule has 19 heavy (non-hydrogen) atoms. The molecule has 5 heteroatoms. The summed E-state index contributed by atoms with van der Waals surface area (Å²) in [7, 11) is 0. The van der Waals surface area contributed by atoms with E-state index < -0.39 is 0 Å². The normalized spacial score (nSPS) is 19.8. The van der Waals surface area contributed by atoms with Crippen LogP contribution in [0.1, 0.15) is 44.1 Å². The molecule has 4 nitrogen and oxygen atoms in total. The number of nitrogens with zero attached hydrogens (tertiary/aromatic N) is 1. The zero-order chi connectivity index (χ0) is 13.5. The third kappa shape index (κ3) is 4.79. The lowest BCUT2D eigenvalue weighted by molar-refractivity contribution is 0.0547. The Labute approximate surface area is 120 Å². The Hall–Kier alpha value is -0.580. The van der Waals surface area contributed by atoms with Crippen LogP contribution >= 0.6 is 11.6 Å². The van der Waals surface area contributed by atoms with E-state index in [0.717, 1.165) is 50.7 Å². The van der Waals surface area contributed by atoms with Crippen LogP contribution in [0.2, 0.25) is 5.15 Å². The fourth-order valence-corrected chi connectivity index (χ4v) is 2.61. The monoisotopic (exact) mass is 285 g/mol. The summed E-state index contributed by atoms with van der Waals surface area (Å²) in [5.74, 6) is 1.64. The van der Waals surface area contributed by atoms with Crippen LogP contribution in [0.15, 0.2) is 0 Å². The number of aromatic amines is 1. The molecule has 0 saturated carbocycles. The molecule has 2 N–H and O–H groups in total. The molecular formula is C14H24ClN3O. The summed E-state index contributed by atoms with van der Waals surface area (Å²) >= 11 is 6.14. The highest BCUT2D eigenvalue weighted by atomic mass is 35.5. The van der Waals surface area contributed by atoms with Gasteiger partial charge in [0.1, 0.15) is 5.82 Å². The van der Waals surface area contributed by atoms with Gasteiger partial charge in [-0.2, -0.15) is 0 Å². The predicted octanol–water partition coefficient (Wildman–Crippen LogP) is 2.92. The van der Waals surface area contributed by atoms with Crippen molar-refractivity contribution in [3.63, 3.8) is 0 Å². The fourth-order valence-electron chi connectivity index (χ4n) is 2.39. The molecule has 1 aliphatic rings. The van der Waals surface area contributed by atoms with Crippen molar-refractivity contribution in [2.75, 3.05) is 19.8 Å². The van der Waals surface area contributed by atoms with E-state index in [1.165, 1.54) is 19.3 Å². The van der Waals surface area contributed by atoms with Crippen LogP contribution in [-0.2, 0) is 17.7 Å². The van der Waals surface area contributed by atoms with Gasteiger partial charge in [-0.05, 0) is 25.2 Å². The highest BCUT2D eigenvalue weighted by molar-refractivity contribution is 6.30. The molecule has 0 radical (unpaired) electrons. The van der Waals surface area contributed by atoms with Crippen LogP contribution in [0.5, 0.6) is 0 Å². The lowest BCUT2D eigenvalue weighted by atomic mass is 10.0. The molecule has 1 fully saturated rings. The van der Waals surface area contributed by atoms with E-state index in [0.29, 0.717) is 11.1 Å². The minimum atomic E-state index is 0.610. The van der Waals surface area contributed by atoms with Gasteiger partial charge in [0.15, 0.2) is 5.15 Å². The molecule has 1 atom stereocenters. The predicted molar refractivity (Wildman–Crippen MR) is 77.5 cm³/mol. The lowest BCUT2D eigenvalue weighted by Gasteiger charge is -2.22. The first-order valence-corrected chi connectivity index (χ1v) is 7.69. The van der Waals surface area contributed by atoms with Crippen molar-refractivity contribution in [3.05, 3.63) is 16.7 Å². The second kappa shape index (κ2) is 7.88. The van der Waals surface area contributed by atoms with E-state index in [2.05, 4.69) is 22.2 Å². The Morgan fingerprint density at radius 1 is 1.53 bits per heavy atom. The molecule has 2 rings (SSSR count). The molecule has 1 aliphatic heterocycles. The van der Waals surface area contributed by atoms with E-state index in [9.17, 15) is 0 Å². The highest BCUT2D eigenvalue weighted by Crippen LogP contribution is 2.15. The van der Waals surface area contributed by atoms with Crippen molar-refractivity contribution in [2.45, 2.75) is 45.6 Å². The summed E-state index contributed by atoms with van der Waals surface area (Å²) in [6, 6.07) is 0. The average Bonchev–Trinajstić information content (AvgIpc) is 2.78. The number of aromatic nitrogens is 2. The molecule has 0 aromatic carbocycles. The second-order valence-corrected chi connectivity index (χ2v) is 5.63. The van der Waals surface area contributed by atoms with Crippen LogP contribution in [0.3, 0.4) is 0 Å². The van der Waals surface area contributed by atoms with Crippen molar-refractivity contribution >= 4 is 11.6 Å². The van der Waals surface area contributed by atoms with Gasteiger partial charge in [0.05, 0.1) is 12.3 Å². The maximum atomic E-state index is 6.14. The van der Waals surface area contributed by atoms with Gasteiger partial charge >= 0.3 is 0 Å². The molecule has 108 valence electrons. The van der Waals surface area contributed by atoms with Crippen LogP contribution in [0.4, 0.5) is 0 Å². The molecule has 1 aromatic heterocycles. The van der Waals surface area contributed by atoms with Crippen LogP contribution in [-0.4, -0.2) is 29.7 Å². The summed E-state index contributed by atoms with van der Waals surface area (Å²) in [6.07, 6.45) is 5.74. The number of hydrogen-bond donors (Lipinski definition) is 2. The van der Waals surface area contributed by atoms with Crippen LogP contribution in [0, 0.1) is 5.92 Å². The summed E-state index contributed by atoms with van der Waals surface area (Å²) in [5.41, 5.74) is 1.00. The third-order valence-corrected chi connectivity index (χ3v) is 3.85. The number of hydrogen-bond acceptors (Lipinski definition) is 3. The average molecular weight is 286 g/mol. The molecule has 0 spiro atoms. The summed E-state index contributed by atoms with van der Waals surface area (Å²) in [4.78, 5) is 7.68. The quantitative estimate of drug-likeness (QED) is 0.810.